The summed E-state index contributed by atoms with van der Waals surface area (Å²) in [7, 11) is 0. The minimum absolute atomic E-state index is 0.542. The van der Waals surface area contributed by atoms with Crippen LogP contribution in [0.25, 0.3) is 0 Å². The first-order chi connectivity index (χ1) is 9.31. The molecule has 1 aliphatic rings. The van der Waals surface area contributed by atoms with Gasteiger partial charge in [0, 0.05) is 9.77 Å². The van der Waals surface area contributed by atoms with Gasteiger partial charge < -0.3 is 4.74 Å². The van der Waals surface area contributed by atoms with Gasteiger partial charge in [-0.2, -0.15) is 5.10 Å². The van der Waals surface area contributed by atoms with Crippen molar-refractivity contribution >= 4 is 22.6 Å². The second-order valence-electron chi connectivity index (χ2n) is 4.97. The third-order valence-corrected chi connectivity index (χ3v) is 4.28. The molecule has 0 radical (unpaired) electrons. The topological polar surface area (TPSA) is 27.1 Å². The van der Waals surface area contributed by atoms with E-state index in [2.05, 4.69) is 44.6 Å². The minimum atomic E-state index is 0.542. The van der Waals surface area contributed by atoms with Gasteiger partial charge in [-0.3, -0.25) is 4.68 Å². The number of halogens is 1. The number of rotatable bonds is 4. The molecule has 100 valence electrons. The van der Waals surface area contributed by atoms with Crippen LogP contribution in [-0.2, 0) is 6.61 Å². The Hall–Kier alpha value is -1.04. The monoisotopic (exact) mass is 368 g/mol. The van der Waals surface area contributed by atoms with Gasteiger partial charge in [-0.1, -0.05) is 12.8 Å². The fraction of sp³-hybridized carbons (Fsp3) is 0.400. The highest BCUT2D eigenvalue weighted by atomic mass is 127. The Morgan fingerprint density at radius 3 is 2.63 bits per heavy atom. The van der Waals surface area contributed by atoms with Crippen molar-refractivity contribution in [2.75, 3.05) is 0 Å². The minimum Gasteiger partial charge on any atom is -0.487 e. The van der Waals surface area contributed by atoms with Crippen LogP contribution in [0, 0.1) is 3.57 Å². The van der Waals surface area contributed by atoms with E-state index < -0.39 is 0 Å². The van der Waals surface area contributed by atoms with Crippen LogP contribution in [0.1, 0.15) is 37.4 Å². The first kappa shape index (κ1) is 13.0. The number of hydrogen-bond acceptors (Lipinski definition) is 2. The van der Waals surface area contributed by atoms with Gasteiger partial charge >= 0.3 is 0 Å². The van der Waals surface area contributed by atoms with Crippen LogP contribution in [0.15, 0.2) is 36.5 Å². The zero-order chi connectivity index (χ0) is 13.1. The van der Waals surface area contributed by atoms with Crippen molar-refractivity contribution in [3.8, 4) is 5.75 Å². The summed E-state index contributed by atoms with van der Waals surface area (Å²) in [6.07, 6.45) is 7.28. The van der Waals surface area contributed by atoms with E-state index in [1.807, 2.05) is 24.3 Å². The van der Waals surface area contributed by atoms with Crippen LogP contribution in [-0.4, -0.2) is 9.78 Å². The third-order valence-electron chi connectivity index (χ3n) is 3.56. The molecule has 2 aromatic rings. The maximum Gasteiger partial charge on any atom is 0.132 e. The molecule has 0 N–H and O–H groups in total. The molecule has 0 atom stereocenters. The predicted octanol–water partition coefficient (Wildman–Crippen LogP) is 4.18. The molecule has 1 aromatic heterocycles. The Morgan fingerprint density at radius 1 is 1.16 bits per heavy atom. The molecular weight excluding hydrogens is 351 g/mol. The Kier molecular flexibility index (Phi) is 4.06. The molecule has 1 fully saturated rings. The van der Waals surface area contributed by atoms with E-state index in [1.54, 1.807) is 0 Å². The molecule has 0 spiro atoms. The summed E-state index contributed by atoms with van der Waals surface area (Å²) in [5, 5.41) is 4.62. The van der Waals surface area contributed by atoms with Gasteiger partial charge in [-0.15, -0.1) is 0 Å². The van der Waals surface area contributed by atoms with Crippen molar-refractivity contribution in [2.45, 2.75) is 38.3 Å². The Balaban J connectivity index is 1.59. The van der Waals surface area contributed by atoms with Crippen LogP contribution in [0.4, 0.5) is 0 Å². The van der Waals surface area contributed by atoms with E-state index in [-0.39, 0.29) is 0 Å². The lowest BCUT2D eigenvalue weighted by molar-refractivity contribution is 0.298. The average Bonchev–Trinajstić information content (AvgIpc) is 3.09. The summed E-state index contributed by atoms with van der Waals surface area (Å²) in [5.41, 5.74) is 1.01. The van der Waals surface area contributed by atoms with E-state index in [1.165, 1.54) is 29.3 Å². The van der Waals surface area contributed by atoms with Crippen molar-refractivity contribution < 1.29 is 4.74 Å². The molecule has 1 aliphatic carbocycles. The SMILES string of the molecule is Ic1ccc(OCc2ccn(C3CCCC3)n2)cc1. The lowest BCUT2D eigenvalue weighted by Crippen LogP contribution is -2.06. The first-order valence-electron chi connectivity index (χ1n) is 6.74. The van der Waals surface area contributed by atoms with Crippen LogP contribution in [0.3, 0.4) is 0 Å². The molecule has 0 unspecified atom stereocenters. The smallest absolute Gasteiger partial charge is 0.132 e. The summed E-state index contributed by atoms with van der Waals surface area (Å²) in [6.45, 7) is 0.542. The number of hydrogen-bond donors (Lipinski definition) is 0. The highest BCUT2D eigenvalue weighted by Crippen LogP contribution is 2.28. The van der Waals surface area contributed by atoms with E-state index in [9.17, 15) is 0 Å². The Morgan fingerprint density at radius 2 is 1.89 bits per heavy atom. The normalized spacial score (nSPS) is 15.8. The van der Waals surface area contributed by atoms with E-state index in [4.69, 9.17) is 4.74 Å². The maximum absolute atomic E-state index is 5.74. The lowest BCUT2D eigenvalue weighted by atomic mass is 10.3. The van der Waals surface area contributed by atoms with Gasteiger partial charge in [0.1, 0.15) is 12.4 Å². The zero-order valence-corrected chi connectivity index (χ0v) is 12.9. The lowest BCUT2D eigenvalue weighted by Gasteiger charge is -2.09. The standard InChI is InChI=1S/C15H17IN2O/c16-12-5-7-15(8-6-12)19-11-13-9-10-18(17-13)14-3-1-2-4-14/h5-10,14H,1-4,11H2. The van der Waals surface area contributed by atoms with Gasteiger partial charge in [-0.05, 0) is 65.8 Å². The molecule has 19 heavy (non-hydrogen) atoms. The Labute approximate surface area is 127 Å². The molecule has 0 bridgehead atoms. The van der Waals surface area contributed by atoms with Crippen molar-refractivity contribution in [1.29, 1.82) is 0 Å². The number of ether oxygens (including phenoxy) is 1. The van der Waals surface area contributed by atoms with Crippen molar-refractivity contribution in [1.82, 2.24) is 9.78 Å². The van der Waals surface area contributed by atoms with Crippen molar-refractivity contribution in [3.63, 3.8) is 0 Å². The van der Waals surface area contributed by atoms with Gasteiger partial charge in [0.15, 0.2) is 0 Å². The van der Waals surface area contributed by atoms with E-state index in [0.29, 0.717) is 12.6 Å². The summed E-state index contributed by atoms with van der Waals surface area (Å²) in [5.74, 6) is 0.899. The maximum atomic E-state index is 5.74. The molecule has 3 rings (SSSR count). The van der Waals surface area contributed by atoms with Crippen molar-refractivity contribution in [2.24, 2.45) is 0 Å². The van der Waals surface area contributed by atoms with Crippen LogP contribution >= 0.6 is 22.6 Å². The molecular formula is C15H17IN2O. The highest BCUT2D eigenvalue weighted by molar-refractivity contribution is 14.1. The molecule has 4 heteroatoms. The molecule has 0 aliphatic heterocycles. The third kappa shape index (κ3) is 3.29. The second kappa shape index (κ2) is 5.94. The molecule has 0 amide bonds. The summed E-state index contributed by atoms with van der Waals surface area (Å²) >= 11 is 2.29. The van der Waals surface area contributed by atoms with Crippen LogP contribution in [0.5, 0.6) is 5.75 Å². The largest absolute Gasteiger partial charge is 0.487 e. The number of aromatic nitrogens is 2. The number of benzene rings is 1. The van der Waals surface area contributed by atoms with E-state index >= 15 is 0 Å². The van der Waals surface area contributed by atoms with Gasteiger partial charge in [0.05, 0.1) is 11.7 Å². The molecule has 0 saturated heterocycles. The van der Waals surface area contributed by atoms with Gasteiger partial charge in [-0.25, -0.2) is 0 Å². The molecule has 1 heterocycles. The number of nitrogens with zero attached hydrogens (tertiary/aromatic N) is 2. The van der Waals surface area contributed by atoms with E-state index in [0.717, 1.165) is 11.4 Å². The predicted molar refractivity (Wildman–Crippen MR) is 83.2 cm³/mol. The second-order valence-corrected chi connectivity index (χ2v) is 6.21. The average molecular weight is 368 g/mol. The van der Waals surface area contributed by atoms with Gasteiger partial charge in [0.25, 0.3) is 0 Å². The molecule has 1 saturated carbocycles. The van der Waals surface area contributed by atoms with Gasteiger partial charge in [0.2, 0.25) is 0 Å². The Bertz CT molecular complexity index is 529. The summed E-state index contributed by atoms with van der Waals surface area (Å²) in [6, 6.07) is 10.8. The highest BCUT2D eigenvalue weighted by Gasteiger charge is 2.17. The quantitative estimate of drug-likeness (QED) is 0.757. The zero-order valence-electron chi connectivity index (χ0n) is 10.8. The summed E-state index contributed by atoms with van der Waals surface area (Å²) < 4.78 is 9.07. The van der Waals surface area contributed by atoms with Crippen LogP contribution < -0.4 is 4.74 Å². The fourth-order valence-electron chi connectivity index (χ4n) is 2.51. The van der Waals surface area contributed by atoms with Crippen LogP contribution in [0.2, 0.25) is 0 Å². The fourth-order valence-corrected chi connectivity index (χ4v) is 2.87. The first-order valence-corrected chi connectivity index (χ1v) is 7.81. The molecule has 1 aromatic carbocycles. The van der Waals surface area contributed by atoms with Crippen molar-refractivity contribution in [3.05, 3.63) is 45.8 Å². The summed E-state index contributed by atoms with van der Waals surface area (Å²) in [4.78, 5) is 0. The molecule has 3 nitrogen and oxygen atoms in total.